The molecule has 8 heteroatoms. The van der Waals surface area contributed by atoms with Gasteiger partial charge in [0.1, 0.15) is 17.6 Å². The van der Waals surface area contributed by atoms with Crippen molar-refractivity contribution in [2.24, 2.45) is 0 Å². The fourth-order valence-electron chi connectivity index (χ4n) is 2.80. The Hall–Kier alpha value is -2.48. The Balaban J connectivity index is 1.55. The van der Waals surface area contributed by atoms with Crippen molar-refractivity contribution in [1.29, 1.82) is 0 Å². The maximum absolute atomic E-state index is 12.4. The van der Waals surface area contributed by atoms with Gasteiger partial charge >= 0.3 is 0 Å². The van der Waals surface area contributed by atoms with E-state index in [0.29, 0.717) is 31.9 Å². The standard InChI is InChI=1S/C16H22N6O2/c1-17-16-15(18-6-7-19-16)13-12-21(10-11-24-13)14(23)4-2-8-22-9-3-5-20-22/h3,5-7,9,13H,2,4,8,10-12H2,1H3,(H,17,19)/t13-/m0/s1. The molecule has 24 heavy (non-hydrogen) atoms. The Morgan fingerprint density at radius 1 is 1.38 bits per heavy atom. The number of aryl methyl sites for hydroxylation is 1. The SMILES string of the molecule is CNc1nccnc1[C@@H]1CN(C(=O)CCCn2cccn2)CCO1. The number of amides is 1. The first kappa shape index (κ1) is 16.4. The van der Waals surface area contributed by atoms with Gasteiger partial charge in [-0.3, -0.25) is 14.5 Å². The summed E-state index contributed by atoms with van der Waals surface area (Å²) in [4.78, 5) is 22.9. The Morgan fingerprint density at radius 2 is 2.25 bits per heavy atom. The van der Waals surface area contributed by atoms with Gasteiger partial charge in [-0.25, -0.2) is 4.98 Å². The van der Waals surface area contributed by atoms with Crippen LogP contribution in [0.3, 0.4) is 0 Å². The molecule has 1 aliphatic rings. The van der Waals surface area contributed by atoms with E-state index in [1.165, 1.54) is 0 Å². The maximum Gasteiger partial charge on any atom is 0.222 e. The summed E-state index contributed by atoms with van der Waals surface area (Å²) in [6.07, 6.45) is 7.96. The number of hydrogen-bond donors (Lipinski definition) is 1. The number of ether oxygens (including phenoxy) is 1. The van der Waals surface area contributed by atoms with Gasteiger partial charge in [0.2, 0.25) is 5.91 Å². The van der Waals surface area contributed by atoms with Crippen LogP contribution >= 0.6 is 0 Å². The number of aromatic nitrogens is 4. The van der Waals surface area contributed by atoms with Crippen molar-refractivity contribution < 1.29 is 9.53 Å². The molecule has 0 aliphatic carbocycles. The fourth-order valence-corrected chi connectivity index (χ4v) is 2.80. The van der Waals surface area contributed by atoms with Crippen LogP contribution in [0.5, 0.6) is 0 Å². The second kappa shape index (κ2) is 7.87. The topological polar surface area (TPSA) is 85.2 Å². The summed E-state index contributed by atoms with van der Waals surface area (Å²) < 4.78 is 7.64. The molecule has 0 radical (unpaired) electrons. The molecule has 0 aromatic carbocycles. The lowest BCUT2D eigenvalue weighted by Gasteiger charge is -2.33. The molecule has 1 fully saturated rings. The van der Waals surface area contributed by atoms with Gasteiger partial charge in [0.25, 0.3) is 0 Å². The molecule has 1 saturated heterocycles. The van der Waals surface area contributed by atoms with E-state index < -0.39 is 0 Å². The van der Waals surface area contributed by atoms with Crippen molar-refractivity contribution in [3.63, 3.8) is 0 Å². The number of hydrogen-bond acceptors (Lipinski definition) is 6. The minimum atomic E-state index is -0.245. The molecule has 1 atom stereocenters. The number of anilines is 1. The smallest absolute Gasteiger partial charge is 0.222 e. The molecule has 128 valence electrons. The van der Waals surface area contributed by atoms with Crippen molar-refractivity contribution in [2.75, 3.05) is 32.1 Å². The number of nitrogens with zero attached hydrogens (tertiary/aromatic N) is 5. The molecule has 3 heterocycles. The van der Waals surface area contributed by atoms with Crippen LogP contribution in [-0.4, -0.2) is 57.3 Å². The molecule has 0 unspecified atom stereocenters. The van der Waals surface area contributed by atoms with Gasteiger partial charge in [0, 0.05) is 51.3 Å². The van der Waals surface area contributed by atoms with E-state index >= 15 is 0 Å². The van der Waals surface area contributed by atoms with Crippen LogP contribution in [0.2, 0.25) is 0 Å². The average molecular weight is 330 g/mol. The van der Waals surface area contributed by atoms with Gasteiger partial charge < -0.3 is 15.0 Å². The summed E-state index contributed by atoms with van der Waals surface area (Å²) in [6.45, 7) is 2.39. The monoisotopic (exact) mass is 330 g/mol. The quantitative estimate of drug-likeness (QED) is 0.853. The zero-order chi connectivity index (χ0) is 16.8. The zero-order valence-corrected chi connectivity index (χ0v) is 13.8. The van der Waals surface area contributed by atoms with E-state index in [1.54, 1.807) is 25.6 Å². The van der Waals surface area contributed by atoms with Gasteiger partial charge in [-0.15, -0.1) is 0 Å². The highest BCUT2D eigenvalue weighted by molar-refractivity contribution is 5.76. The maximum atomic E-state index is 12.4. The van der Waals surface area contributed by atoms with Gasteiger partial charge in [-0.1, -0.05) is 0 Å². The molecular formula is C16H22N6O2. The van der Waals surface area contributed by atoms with Crippen LogP contribution in [0.4, 0.5) is 5.82 Å². The molecule has 8 nitrogen and oxygen atoms in total. The normalized spacial score (nSPS) is 17.7. The summed E-state index contributed by atoms with van der Waals surface area (Å²) in [5.41, 5.74) is 0.744. The predicted molar refractivity (Wildman–Crippen MR) is 88.3 cm³/mol. The Labute approximate surface area is 140 Å². The van der Waals surface area contributed by atoms with Crippen molar-refractivity contribution in [1.82, 2.24) is 24.6 Å². The van der Waals surface area contributed by atoms with Crippen molar-refractivity contribution in [3.8, 4) is 0 Å². The molecule has 1 N–H and O–H groups in total. The van der Waals surface area contributed by atoms with E-state index in [-0.39, 0.29) is 12.0 Å². The lowest BCUT2D eigenvalue weighted by atomic mass is 10.1. The van der Waals surface area contributed by atoms with Crippen LogP contribution in [-0.2, 0) is 16.1 Å². The first-order valence-corrected chi connectivity index (χ1v) is 8.13. The van der Waals surface area contributed by atoms with Crippen molar-refractivity contribution in [3.05, 3.63) is 36.5 Å². The zero-order valence-electron chi connectivity index (χ0n) is 13.8. The number of carbonyl (C=O) groups excluding carboxylic acids is 1. The summed E-state index contributed by atoms with van der Waals surface area (Å²) in [5, 5.41) is 7.17. The molecular weight excluding hydrogens is 308 g/mol. The minimum absolute atomic E-state index is 0.144. The van der Waals surface area contributed by atoms with Crippen LogP contribution in [0.25, 0.3) is 0 Å². The average Bonchev–Trinajstić information content (AvgIpc) is 3.15. The Kier molecular flexibility index (Phi) is 5.37. The third-order valence-electron chi connectivity index (χ3n) is 4.02. The largest absolute Gasteiger partial charge is 0.372 e. The highest BCUT2D eigenvalue weighted by atomic mass is 16.5. The van der Waals surface area contributed by atoms with Gasteiger partial charge in [-0.05, 0) is 12.5 Å². The van der Waals surface area contributed by atoms with E-state index in [0.717, 1.165) is 18.7 Å². The number of carbonyl (C=O) groups is 1. The van der Waals surface area contributed by atoms with Crippen molar-refractivity contribution in [2.45, 2.75) is 25.5 Å². The van der Waals surface area contributed by atoms with Crippen LogP contribution < -0.4 is 5.32 Å². The molecule has 0 saturated carbocycles. The Bertz CT molecular complexity index is 660. The lowest BCUT2D eigenvalue weighted by Crippen LogP contribution is -2.42. The lowest BCUT2D eigenvalue weighted by molar-refractivity contribution is -0.139. The fraction of sp³-hybridized carbons (Fsp3) is 0.500. The van der Waals surface area contributed by atoms with Crippen molar-refractivity contribution >= 4 is 11.7 Å². The molecule has 3 rings (SSSR count). The number of nitrogens with one attached hydrogen (secondary N) is 1. The van der Waals surface area contributed by atoms with E-state index in [1.807, 2.05) is 21.8 Å². The van der Waals surface area contributed by atoms with Crippen LogP contribution in [0, 0.1) is 0 Å². The second-order valence-corrected chi connectivity index (χ2v) is 5.61. The third kappa shape index (κ3) is 3.88. The molecule has 1 aliphatic heterocycles. The highest BCUT2D eigenvalue weighted by Gasteiger charge is 2.27. The van der Waals surface area contributed by atoms with Crippen LogP contribution in [0.1, 0.15) is 24.6 Å². The van der Waals surface area contributed by atoms with E-state index in [2.05, 4.69) is 20.4 Å². The molecule has 0 spiro atoms. The Morgan fingerprint density at radius 3 is 3.04 bits per heavy atom. The first-order valence-electron chi connectivity index (χ1n) is 8.13. The molecule has 1 amide bonds. The third-order valence-corrected chi connectivity index (χ3v) is 4.02. The van der Waals surface area contributed by atoms with E-state index in [9.17, 15) is 4.79 Å². The summed E-state index contributed by atoms with van der Waals surface area (Å²) in [6, 6.07) is 1.88. The second-order valence-electron chi connectivity index (χ2n) is 5.61. The summed E-state index contributed by atoms with van der Waals surface area (Å²) in [7, 11) is 1.80. The predicted octanol–water partition coefficient (Wildman–Crippen LogP) is 1.10. The number of rotatable bonds is 6. The van der Waals surface area contributed by atoms with E-state index in [4.69, 9.17) is 4.74 Å². The highest BCUT2D eigenvalue weighted by Crippen LogP contribution is 2.25. The minimum Gasteiger partial charge on any atom is -0.372 e. The summed E-state index contributed by atoms with van der Waals surface area (Å²) >= 11 is 0. The molecule has 2 aromatic heterocycles. The summed E-state index contributed by atoms with van der Waals surface area (Å²) in [5.74, 6) is 0.834. The first-order chi connectivity index (χ1) is 11.8. The molecule has 2 aromatic rings. The molecule has 0 bridgehead atoms. The van der Waals surface area contributed by atoms with Gasteiger partial charge in [-0.2, -0.15) is 5.10 Å². The number of morpholine rings is 1. The van der Waals surface area contributed by atoms with Crippen LogP contribution in [0.15, 0.2) is 30.9 Å². The van der Waals surface area contributed by atoms with Gasteiger partial charge in [0.15, 0.2) is 0 Å². The van der Waals surface area contributed by atoms with Gasteiger partial charge in [0.05, 0.1) is 13.2 Å².